The quantitative estimate of drug-likeness (QED) is 0.569. The van der Waals surface area contributed by atoms with Gasteiger partial charge in [0.2, 0.25) is 0 Å². The summed E-state index contributed by atoms with van der Waals surface area (Å²) in [5.74, 6) is -1.78. The lowest BCUT2D eigenvalue weighted by Crippen LogP contribution is -2.42. The van der Waals surface area contributed by atoms with Gasteiger partial charge in [-0.05, 0) is 42.0 Å². The molecule has 0 radical (unpaired) electrons. The fraction of sp³-hybridized carbons (Fsp3) is 0.167. The van der Waals surface area contributed by atoms with E-state index in [4.69, 9.17) is 4.74 Å². The number of benzene rings is 2. The third kappa shape index (κ3) is 5.72. The Labute approximate surface area is 152 Å². The summed E-state index contributed by atoms with van der Waals surface area (Å²) in [5.41, 5.74) is 1.07. The second kappa shape index (κ2) is 8.43. The van der Waals surface area contributed by atoms with Crippen molar-refractivity contribution in [3.05, 3.63) is 64.1 Å². The number of amides is 1. The monoisotopic (exact) mass is 405 g/mol. The van der Waals surface area contributed by atoms with Crippen LogP contribution in [0.3, 0.4) is 0 Å². The summed E-state index contributed by atoms with van der Waals surface area (Å²) >= 11 is 3.31. The molecule has 6 nitrogen and oxygen atoms in total. The summed E-state index contributed by atoms with van der Waals surface area (Å²) < 4.78 is 5.78. The molecule has 2 rings (SSSR count). The van der Waals surface area contributed by atoms with Crippen molar-refractivity contribution >= 4 is 33.8 Å². The van der Waals surface area contributed by atoms with Gasteiger partial charge in [-0.2, -0.15) is 0 Å². The molecule has 0 unspecified atom stereocenters. The summed E-state index contributed by atoms with van der Waals surface area (Å²) in [6, 6.07) is 12.0. The zero-order chi connectivity index (χ0) is 18.4. The number of carboxylic acid groups (broad SMARTS) is 1. The van der Waals surface area contributed by atoms with Crippen molar-refractivity contribution < 1.29 is 24.2 Å². The zero-order valence-electron chi connectivity index (χ0n) is 13.4. The molecule has 130 valence electrons. The molecule has 2 aromatic carbocycles. The highest BCUT2D eigenvalue weighted by molar-refractivity contribution is 9.10. The smallest absolute Gasteiger partial charge is 0.326 e. The fourth-order valence-electron chi connectivity index (χ4n) is 2.14. The molecule has 7 heteroatoms. The van der Waals surface area contributed by atoms with Crippen LogP contribution in [0.5, 0.6) is 5.75 Å². The number of carbonyl (C=O) groups is 3. The third-order valence-electron chi connectivity index (χ3n) is 3.33. The topological polar surface area (TPSA) is 92.7 Å². The molecule has 0 aromatic heterocycles. The van der Waals surface area contributed by atoms with Gasteiger partial charge in [0.1, 0.15) is 11.8 Å². The number of esters is 1. The SMILES string of the molecule is CC(=O)Oc1ccc(C(=O)N[C@H](Cc2ccc(Br)cc2)C(=O)O)cc1. The van der Waals surface area contributed by atoms with E-state index in [2.05, 4.69) is 21.2 Å². The van der Waals surface area contributed by atoms with Crippen molar-refractivity contribution in [1.82, 2.24) is 5.32 Å². The lowest BCUT2D eigenvalue weighted by atomic mass is 10.1. The molecule has 0 bridgehead atoms. The van der Waals surface area contributed by atoms with E-state index in [9.17, 15) is 19.5 Å². The molecule has 0 fully saturated rings. The van der Waals surface area contributed by atoms with Gasteiger partial charge in [-0.25, -0.2) is 4.79 Å². The fourth-order valence-corrected chi connectivity index (χ4v) is 2.40. The minimum atomic E-state index is -1.12. The van der Waals surface area contributed by atoms with Crippen LogP contribution in [-0.4, -0.2) is 29.0 Å². The van der Waals surface area contributed by atoms with E-state index in [0.717, 1.165) is 10.0 Å². The summed E-state index contributed by atoms with van der Waals surface area (Å²) in [6.07, 6.45) is 0.167. The van der Waals surface area contributed by atoms with Crippen molar-refractivity contribution in [2.24, 2.45) is 0 Å². The molecule has 0 spiro atoms. The van der Waals surface area contributed by atoms with E-state index in [1.807, 2.05) is 12.1 Å². The van der Waals surface area contributed by atoms with Crippen LogP contribution in [0.1, 0.15) is 22.8 Å². The molecule has 2 aromatic rings. The Morgan fingerprint density at radius 3 is 2.20 bits per heavy atom. The first-order chi connectivity index (χ1) is 11.8. The number of nitrogens with one attached hydrogen (secondary N) is 1. The lowest BCUT2D eigenvalue weighted by Gasteiger charge is -2.15. The number of hydrogen-bond acceptors (Lipinski definition) is 4. The van der Waals surface area contributed by atoms with E-state index in [0.29, 0.717) is 5.75 Å². The Kier molecular flexibility index (Phi) is 6.30. The molecular formula is C18H16BrNO5. The van der Waals surface area contributed by atoms with Crippen molar-refractivity contribution in [3.8, 4) is 5.75 Å². The highest BCUT2D eigenvalue weighted by Crippen LogP contribution is 2.14. The summed E-state index contributed by atoms with van der Waals surface area (Å²) in [6.45, 7) is 1.28. The number of hydrogen-bond donors (Lipinski definition) is 2. The normalized spacial score (nSPS) is 11.4. The molecule has 2 N–H and O–H groups in total. The van der Waals surface area contributed by atoms with Gasteiger partial charge in [-0.1, -0.05) is 28.1 Å². The summed E-state index contributed by atoms with van der Waals surface area (Å²) in [7, 11) is 0. The van der Waals surface area contributed by atoms with Crippen molar-refractivity contribution in [2.45, 2.75) is 19.4 Å². The maximum Gasteiger partial charge on any atom is 0.326 e. The molecule has 0 saturated heterocycles. The van der Waals surface area contributed by atoms with Gasteiger partial charge < -0.3 is 15.2 Å². The van der Waals surface area contributed by atoms with E-state index in [1.54, 1.807) is 12.1 Å². The minimum Gasteiger partial charge on any atom is -0.480 e. The summed E-state index contributed by atoms with van der Waals surface area (Å²) in [4.78, 5) is 34.6. The molecule has 1 atom stereocenters. The van der Waals surface area contributed by atoms with E-state index in [-0.39, 0.29) is 12.0 Å². The van der Waals surface area contributed by atoms with Crippen LogP contribution in [0.25, 0.3) is 0 Å². The van der Waals surface area contributed by atoms with Crippen molar-refractivity contribution in [2.75, 3.05) is 0 Å². The second-order valence-corrected chi connectivity index (χ2v) is 6.23. The van der Waals surface area contributed by atoms with Crippen molar-refractivity contribution in [1.29, 1.82) is 0 Å². The largest absolute Gasteiger partial charge is 0.480 e. The van der Waals surface area contributed by atoms with Gasteiger partial charge in [-0.3, -0.25) is 9.59 Å². The van der Waals surface area contributed by atoms with Gasteiger partial charge >= 0.3 is 11.9 Å². The number of aliphatic carboxylic acids is 1. The number of ether oxygens (including phenoxy) is 1. The Bertz CT molecular complexity index is 771. The Morgan fingerprint density at radius 1 is 1.08 bits per heavy atom. The van der Waals surface area contributed by atoms with Gasteiger partial charge in [0, 0.05) is 23.4 Å². The molecule has 0 heterocycles. The number of halogens is 1. The molecule has 1 amide bonds. The molecule has 25 heavy (non-hydrogen) atoms. The van der Waals surface area contributed by atoms with Crippen LogP contribution >= 0.6 is 15.9 Å². The molecule has 0 aliphatic rings. The minimum absolute atomic E-state index is 0.167. The number of rotatable bonds is 6. The van der Waals surface area contributed by atoms with Crippen LogP contribution in [0.15, 0.2) is 53.0 Å². The molecule has 0 aliphatic heterocycles. The maximum absolute atomic E-state index is 12.2. The predicted molar refractivity (Wildman–Crippen MR) is 94.5 cm³/mol. The highest BCUT2D eigenvalue weighted by atomic mass is 79.9. The van der Waals surface area contributed by atoms with Crippen LogP contribution in [0.2, 0.25) is 0 Å². The second-order valence-electron chi connectivity index (χ2n) is 5.31. The van der Waals surface area contributed by atoms with E-state index >= 15 is 0 Å². The van der Waals surface area contributed by atoms with E-state index < -0.39 is 23.9 Å². The number of carbonyl (C=O) groups excluding carboxylic acids is 2. The standard InChI is InChI=1S/C18H16BrNO5/c1-11(21)25-15-8-4-13(5-9-15)17(22)20-16(18(23)24)10-12-2-6-14(19)7-3-12/h2-9,16H,10H2,1H3,(H,20,22)(H,23,24)/t16-/m1/s1. The van der Waals surface area contributed by atoms with Gasteiger partial charge in [0.15, 0.2) is 0 Å². The molecule has 0 aliphatic carbocycles. The first-order valence-corrected chi connectivity index (χ1v) is 8.21. The maximum atomic E-state index is 12.2. The first-order valence-electron chi connectivity index (χ1n) is 7.42. The first kappa shape index (κ1) is 18.7. The molecular weight excluding hydrogens is 390 g/mol. The third-order valence-corrected chi connectivity index (χ3v) is 3.86. The average Bonchev–Trinajstić information content (AvgIpc) is 2.56. The zero-order valence-corrected chi connectivity index (χ0v) is 14.9. The average molecular weight is 406 g/mol. The van der Waals surface area contributed by atoms with Crippen molar-refractivity contribution in [3.63, 3.8) is 0 Å². The number of carboxylic acids is 1. The van der Waals surface area contributed by atoms with Crippen LogP contribution in [0, 0.1) is 0 Å². The Morgan fingerprint density at radius 2 is 1.68 bits per heavy atom. The van der Waals surface area contributed by atoms with E-state index in [1.165, 1.54) is 31.2 Å². The Balaban J connectivity index is 2.05. The van der Waals surface area contributed by atoms with Crippen LogP contribution < -0.4 is 10.1 Å². The van der Waals surface area contributed by atoms with Gasteiger partial charge in [-0.15, -0.1) is 0 Å². The highest BCUT2D eigenvalue weighted by Gasteiger charge is 2.21. The lowest BCUT2D eigenvalue weighted by molar-refractivity contribution is -0.139. The summed E-state index contributed by atoms with van der Waals surface area (Å²) in [5, 5.41) is 11.8. The van der Waals surface area contributed by atoms with Gasteiger partial charge in [0.05, 0.1) is 0 Å². The van der Waals surface area contributed by atoms with Crippen LogP contribution in [-0.2, 0) is 16.0 Å². The predicted octanol–water partition coefficient (Wildman–Crippen LogP) is 2.80. The van der Waals surface area contributed by atoms with Gasteiger partial charge in [0.25, 0.3) is 5.91 Å². The molecule has 0 saturated carbocycles. The van der Waals surface area contributed by atoms with Crippen LogP contribution in [0.4, 0.5) is 0 Å². The Hall–Kier alpha value is -2.67.